The molecule has 0 radical (unpaired) electrons. The van der Waals surface area contributed by atoms with Crippen molar-refractivity contribution in [1.82, 2.24) is 14.8 Å². The van der Waals surface area contributed by atoms with Crippen LogP contribution in [0, 0.1) is 0 Å². The molecular formula is C12H12ClN3O2. The Morgan fingerprint density at radius 3 is 2.89 bits per heavy atom. The molecule has 0 N–H and O–H groups in total. The summed E-state index contributed by atoms with van der Waals surface area (Å²) in [4.78, 5) is 0. The van der Waals surface area contributed by atoms with Crippen LogP contribution in [0.25, 0.3) is 5.69 Å². The fourth-order valence-electron chi connectivity index (χ4n) is 1.87. The maximum Gasteiger partial charge on any atom is 0.163 e. The SMILES string of the molecule is ClCc1nncn1-c1ccc2c(c1)OCCCO2. The highest BCUT2D eigenvalue weighted by Crippen LogP contribution is 2.31. The highest BCUT2D eigenvalue weighted by atomic mass is 35.5. The van der Waals surface area contributed by atoms with Crippen molar-refractivity contribution in [2.45, 2.75) is 12.3 Å². The molecule has 1 aliphatic rings. The monoisotopic (exact) mass is 265 g/mol. The molecule has 0 spiro atoms. The molecule has 0 amide bonds. The van der Waals surface area contributed by atoms with E-state index in [4.69, 9.17) is 21.1 Å². The Hall–Kier alpha value is -1.75. The van der Waals surface area contributed by atoms with Gasteiger partial charge in [0.2, 0.25) is 0 Å². The van der Waals surface area contributed by atoms with Crippen molar-refractivity contribution >= 4 is 11.6 Å². The first-order chi connectivity index (χ1) is 8.88. The summed E-state index contributed by atoms with van der Waals surface area (Å²) in [5, 5.41) is 7.81. The largest absolute Gasteiger partial charge is 0.490 e. The fraction of sp³-hybridized carbons (Fsp3) is 0.333. The van der Waals surface area contributed by atoms with E-state index in [0.717, 1.165) is 23.6 Å². The minimum Gasteiger partial charge on any atom is -0.490 e. The van der Waals surface area contributed by atoms with Crippen molar-refractivity contribution in [2.75, 3.05) is 13.2 Å². The van der Waals surface area contributed by atoms with Gasteiger partial charge in [0, 0.05) is 12.5 Å². The second kappa shape index (κ2) is 4.86. The van der Waals surface area contributed by atoms with E-state index in [9.17, 15) is 0 Å². The molecule has 18 heavy (non-hydrogen) atoms. The summed E-state index contributed by atoms with van der Waals surface area (Å²) in [6.07, 6.45) is 2.53. The van der Waals surface area contributed by atoms with Gasteiger partial charge in [-0.25, -0.2) is 0 Å². The van der Waals surface area contributed by atoms with Crippen LogP contribution in [-0.2, 0) is 5.88 Å². The molecule has 0 unspecified atom stereocenters. The molecule has 6 heteroatoms. The maximum absolute atomic E-state index is 5.81. The fourth-order valence-corrected chi connectivity index (χ4v) is 2.05. The van der Waals surface area contributed by atoms with E-state index in [1.54, 1.807) is 6.33 Å². The van der Waals surface area contributed by atoms with Crippen LogP contribution in [0.1, 0.15) is 12.2 Å². The lowest BCUT2D eigenvalue weighted by Crippen LogP contribution is -1.99. The number of hydrogen-bond donors (Lipinski definition) is 0. The van der Waals surface area contributed by atoms with Crippen molar-refractivity contribution in [3.63, 3.8) is 0 Å². The summed E-state index contributed by atoms with van der Waals surface area (Å²) >= 11 is 5.81. The van der Waals surface area contributed by atoms with Gasteiger partial charge in [-0.1, -0.05) is 0 Å². The number of alkyl halides is 1. The Kier molecular flexibility index (Phi) is 3.06. The summed E-state index contributed by atoms with van der Waals surface area (Å²) in [6, 6.07) is 5.75. The van der Waals surface area contributed by atoms with Gasteiger partial charge >= 0.3 is 0 Å². The molecule has 0 saturated heterocycles. The number of rotatable bonds is 2. The van der Waals surface area contributed by atoms with Crippen LogP contribution in [0.15, 0.2) is 24.5 Å². The molecule has 94 valence electrons. The van der Waals surface area contributed by atoms with Gasteiger partial charge in [0.25, 0.3) is 0 Å². The van der Waals surface area contributed by atoms with Crippen LogP contribution in [0.4, 0.5) is 0 Å². The summed E-state index contributed by atoms with van der Waals surface area (Å²) in [5.74, 6) is 2.54. The lowest BCUT2D eigenvalue weighted by Gasteiger charge is -2.10. The molecule has 0 aliphatic carbocycles. The van der Waals surface area contributed by atoms with E-state index in [1.807, 2.05) is 22.8 Å². The van der Waals surface area contributed by atoms with Gasteiger partial charge < -0.3 is 9.47 Å². The zero-order valence-corrected chi connectivity index (χ0v) is 10.4. The van der Waals surface area contributed by atoms with Gasteiger partial charge in [0.15, 0.2) is 17.3 Å². The van der Waals surface area contributed by atoms with Crippen molar-refractivity contribution < 1.29 is 9.47 Å². The molecule has 2 aromatic rings. The second-order valence-electron chi connectivity index (χ2n) is 3.93. The molecule has 3 rings (SSSR count). The van der Waals surface area contributed by atoms with Gasteiger partial charge in [-0.2, -0.15) is 0 Å². The summed E-state index contributed by atoms with van der Waals surface area (Å²) < 4.78 is 13.1. The first-order valence-electron chi connectivity index (χ1n) is 5.73. The van der Waals surface area contributed by atoms with Gasteiger partial charge in [0.1, 0.15) is 6.33 Å². The van der Waals surface area contributed by atoms with Crippen LogP contribution < -0.4 is 9.47 Å². The molecule has 0 saturated carbocycles. The number of halogens is 1. The number of aromatic nitrogens is 3. The van der Waals surface area contributed by atoms with Crippen molar-refractivity contribution in [2.24, 2.45) is 0 Å². The highest BCUT2D eigenvalue weighted by Gasteiger charge is 2.12. The minimum atomic E-state index is 0.314. The third-order valence-electron chi connectivity index (χ3n) is 2.75. The molecule has 0 bridgehead atoms. The Labute approximate surface area is 109 Å². The van der Waals surface area contributed by atoms with E-state index >= 15 is 0 Å². The van der Waals surface area contributed by atoms with Gasteiger partial charge in [-0.05, 0) is 12.1 Å². The molecule has 0 fully saturated rings. The molecular weight excluding hydrogens is 254 g/mol. The summed E-state index contributed by atoms with van der Waals surface area (Å²) in [5.41, 5.74) is 0.917. The summed E-state index contributed by atoms with van der Waals surface area (Å²) in [7, 11) is 0. The molecule has 2 heterocycles. The van der Waals surface area contributed by atoms with Crippen LogP contribution in [-0.4, -0.2) is 28.0 Å². The number of fused-ring (bicyclic) bond motifs is 1. The van der Waals surface area contributed by atoms with E-state index in [-0.39, 0.29) is 0 Å². The Morgan fingerprint density at radius 2 is 2.06 bits per heavy atom. The first-order valence-corrected chi connectivity index (χ1v) is 6.27. The van der Waals surface area contributed by atoms with Crippen molar-refractivity contribution in [1.29, 1.82) is 0 Å². The Morgan fingerprint density at radius 1 is 1.22 bits per heavy atom. The van der Waals surface area contributed by atoms with E-state index in [0.29, 0.717) is 24.9 Å². The molecule has 5 nitrogen and oxygen atoms in total. The quantitative estimate of drug-likeness (QED) is 0.781. The predicted octanol–water partition coefficient (Wildman–Crippen LogP) is 2.17. The zero-order valence-electron chi connectivity index (χ0n) is 9.67. The second-order valence-corrected chi connectivity index (χ2v) is 4.20. The average molecular weight is 266 g/mol. The number of hydrogen-bond acceptors (Lipinski definition) is 4. The average Bonchev–Trinajstić information content (AvgIpc) is 2.76. The third kappa shape index (κ3) is 2.01. The third-order valence-corrected chi connectivity index (χ3v) is 2.99. The smallest absolute Gasteiger partial charge is 0.163 e. The van der Waals surface area contributed by atoms with Gasteiger partial charge in [-0.15, -0.1) is 21.8 Å². The topological polar surface area (TPSA) is 49.2 Å². The molecule has 1 aromatic heterocycles. The Bertz CT molecular complexity index is 556. The van der Waals surface area contributed by atoms with Crippen LogP contribution in [0.3, 0.4) is 0 Å². The highest BCUT2D eigenvalue weighted by molar-refractivity contribution is 6.16. The summed E-state index contributed by atoms with van der Waals surface area (Å²) in [6.45, 7) is 1.35. The van der Waals surface area contributed by atoms with Crippen molar-refractivity contribution in [3.8, 4) is 17.2 Å². The molecule has 1 aliphatic heterocycles. The number of nitrogens with zero attached hydrogens (tertiary/aromatic N) is 3. The number of benzene rings is 1. The van der Waals surface area contributed by atoms with E-state index < -0.39 is 0 Å². The van der Waals surface area contributed by atoms with Gasteiger partial charge in [-0.3, -0.25) is 4.57 Å². The lowest BCUT2D eigenvalue weighted by atomic mass is 10.2. The molecule has 0 atom stereocenters. The Balaban J connectivity index is 2.01. The van der Waals surface area contributed by atoms with Crippen LogP contribution in [0.5, 0.6) is 11.5 Å². The van der Waals surface area contributed by atoms with Crippen molar-refractivity contribution in [3.05, 3.63) is 30.4 Å². The van der Waals surface area contributed by atoms with E-state index in [2.05, 4.69) is 10.2 Å². The zero-order chi connectivity index (χ0) is 12.4. The van der Waals surface area contributed by atoms with E-state index in [1.165, 1.54) is 0 Å². The maximum atomic E-state index is 5.81. The number of ether oxygens (including phenoxy) is 2. The normalized spacial score (nSPS) is 14.3. The van der Waals surface area contributed by atoms with Gasteiger partial charge in [0.05, 0.1) is 24.8 Å². The van der Waals surface area contributed by atoms with Crippen LogP contribution >= 0.6 is 11.6 Å². The lowest BCUT2D eigenvalue weighted by molar-refractivity contribution is 0.297. The standard InChI is InChI=1S/C12H12ClN3O2/c13-7-12-15-14-8-16(12)9-2-3-10-11(6-9)18-5-1-4-17-10/h2-3,6,8H,1,4-5,7H2. The minimum absolute atomic E-state index is 0.314. The predicted molar refractivity (Wildman–Crippen MR) is 66.5 cm³/mol. The van der Waals surface area contributed by atoms with Crippen LogP contribution in [0.2, 0.25) is 0 Å². The molecule has 1 aromatic carbocycles. The first kappa shape index (κ1) is 11.3.